The van der Waals surface area contributed by atoms with Crippen LogP contribution in [0.25, 0.3) is 0 Å². The molecule has 0 radical (unpaired) electrons. The number of unbranched alkanes of at least 4 members (excludes halogenated alkanes) is 2. The van der Waals surface area contributed by atoms with E-state index in [1.54, 1.807) is 6.07 Å². The Bertz CT molecular complexity index is 1110. The molecule has 1 heterocycles. The molecule has 2 aromatic rings. The summed E-state index contributed by atoms with van der Waals surface area (Å²) in [4.78, 5) is 13.0. The Morgan fingerprint density at radius 2 is 1.59 bits per heavy atom. The van der Waals surface area contributed by atoms with Crippen LogP contribution in [0.4, 0.5) is 8.78 Å². The van der Waals surface area contributed by atoms with Crippen molar-refractivity contribution in [2.45, 2.75) is 96.7 Å². The third-order valence-electron chi connectivity index (χ3n) is 8.36. The van der Waals surface area contributed by atoms with E-state index >= 15 is 4.39 Å². The van der Waals surface area contributed by atoms with Gasteiger partial charge in [0.15, 0.2) is 0 Å². The number of benzene rings is 2. The van der Waals surface area contributed by atoms with E-state index in [2.05, 4.69) is 0 Å². The number of ether oxygens (including phenoxy) is 1. The van der Waals surface area contributed by atoms with Crippen molar-refractivity contribution < 1.29 is 27.6 Å². The first-order valence-electron chi connectivity index (χ1n) is 13.5. The van der Waals surface area contributed by atoms with E-state index < -0.39 is 18.3 Å². The van der Waals surface area contributed by atoms with Crippen LogP contribution in [-0.4, -0.2) is 31.2 Å². The molecule has 0 saturated carbocycles. The average molecular weight is 512 g/mol. The average Bonchev–Trinajstić information content (AvgIpc) is 2.95. The number of fused-ring (bicyclic) bond motifs is 1. The summed E-state index contributed by atoms with van der Waals surface area (Å²) in [6, 6.07) is 8.28. The Morgan fingerprint density at radius 3 is 2.24 bits per heavy atom. The smallest absolute Gasteiger partial charge is 0.497 e. The van der Waals surface area contributed by atoms with E-state index in [-0.39, 0.29) is 17.6 Å². The van der Waals surface area contributed by atoms with Crippen LogP contribution >= 0.6 is 0 Å². The summed E-state index contributed by atoms with van der Waals surface area (Å²) in [7, 11) is 0.801. The van der Waals surface area contributed by atoms with E-state index in [1.165, 1.54) is 19.2 Å². The molecule has 0 bridgehead atoms. The number of ketones is 1. The minimum absolute atomic E-state index is 0.00300. The molecule has 1 fully saturated rings. The highest BCUT2D eigenvalue weighted by atomic mass is 19.1. The number of rotatable bonds is 9. The zero-order valence-electron chi connectivity index (χ0n) is 22.8. The number of hydrogen-bond acceptors (Lipinski definition) is 4. The molecule has 4 rings (SSSR count). The summed E-state index contributed by atoms with van der Waals surface area (Å²) in [5.41, 5.74) is 2.37. The molecule has 4 nitrogen and oxygen atoms in total. The van der Waals surface area contributed by atoms with Crippen LogP contribution in [0.1, 0.15) is 82.9 Å². The van der Waals surface area contributed by atoms with Crippen LogP contribution in [0.2, 0.25) is 0 Å². The molecule has 2 aliphatic rings. The molecule has 1 saturated heterocycles. The SMILES string of the molecule is COc1cc(F)cc(CCCCCC(=O)C2CCc3cc(F)c(B4OC(C)(C)C(C)(C)O4)cc3CC2)c1. The predicted octanol–water partition coefficient (Wildman–Crippen LogP) is 6.14. The highest BCUT2D eigenvalue weighted by molar-refractivity contribution is 6.62. The van der Waals surface area contributed by atoms with Gasteiger partial charge in [0.05, 0.1) is 18.3 Å². The molecule has 2 aromatic carbocycles. The maximum atomic E-state index is 15.1. The Labute approximate surface area is 220 Å². The third-order valence-corrected chi connectivity index (χ3v) is 8.36. The number of methoxy groups -OCH3 is 1. The van der Waals surface area contributed by atoms with Crippen molar-refractivity contribution >= 4 is 18.4 Å². The maximum absolute atomic E-state index is 15.1. The lowest BCUT2D eigenvalue weighted by Crippen LogP contribution is -2.41. The Hall–Kier alpha value is -2.25. The second-order valence-corrected chi connectivity index (χ2v) is 11.5. The lowest BCUT2D eigenvalue weighted by molar-refractivity contribution is -0.123. The molecule has 37 heavy (non-hydrogen) atoms. The van der Waals surface area contributed by atoms with Crippen molar-refractivity contribution in [2.24, 2.45) is 5.92 Å². The summed E-state index contributed by atoms with van der Waals surface area (Å²) in [5.74, 6) is 0.234. The first kappa shape index (κ1) is 27.8. The normalized spacial score (nSPS) is 20.4. The van der Waals surface area contributed by atoms with Gasteiger partial charge in [-0.1, -0.05) is 12.5 Å². The summed E-state index contributed by atoms with van der Waals surface area (Å²) in [6.07, 6.45) is 6.95. The van der Waals surface area contributed by atoms with Gasteiger partial charge in [0.2, 0.25) is 0 Å². The van der Waals surface area contributed by atoms with E-state index in [0.29, 0.717) is 29.8 Å². The van der Waals surface area contributed by atoms with Crippen molar-refractivity contribution in [1.82, 2.24) is 0 Å². The van der Waals surface area contributed by atoms with Crippen LogP contribution in [-0.2, 0) is 33.4 Å². The number of Topliss-reactive ketones (excluding diaryl/α,β-unsaturated/α-hetero) is 1. The molecule has 0 aromatic heterocycles. The zero-order chi connectivity index (χ0) is 26.8. The van der Waals surface area contributed by atoms with Crippen molar-refractivity contribution in [1.29, 1.82) is 0 Å². The van der Waals surface area contributed by atoms with Crippen LogP contribution in [0.3, 0.4) is 0 Å². The molecular weight excluding hydrogens is 473 g/mol. The van der Waals surface area contributed by atoms with Crippen molar-refractivity contribution in [3.8, 4) is 5.75 Å². The lowest BCUT2D eigenvalue weighted by Gasteiger charge is -2.32. The largest absolute Gasteiger partial charge is 0.497 e. The van der Waals surface area contributed by atoms with E-state index in [1.807, 2.05) is 39.8 Å². The molecule has 1 unspecified atom stereocenters. The molecule has 0 amide bonds. The monoisotopic (exact) mass is 512 g/mol. The van der Waals surface area contributed by atoms with Crippen molar-refractivity contribution in [2.75, 3.05) is 7.11 Å². The predicted molar refractivity (Wildman–Crippen MR) is 142 cm³/mol. The van der Waals surface area contributed by atoms with Crippen LogP contribution < -0.4 is 10.2 Å². The second kappa shape index (κ2) is 11.2. The van der Waals surface area contributed by atoms with Gasteiger partial charge < -0.3 is 14.0 Å². The highest BCUT2D eigenvalue weighted by Gasteiger charge is 2.52. The molecule has 200 valence electrons. The Morgan fingerprint density at radius 1 is 0.946 bits per heavy atom. The first-order chi connectivity index (χ1) is 17.5. The van der Waals surface area contributed by atoms with Crippen LogP contribution in [0.15, 0.2) is 30.3 Å². The number of carbonyl (C=O) groups excluding carboxylic acids is 1. The van der Waals surface area contributed by atoms with Gasteiger partial charge in [0, 0.05) is 23.9 Å². The maximum Gasteiger partial charge on any atom is 0.497 e. The fraction of sp³-hybridized carbons (Fsp3) is 0.567. The van der Waals surface area contributed by atoms with Gasteiger partial charge in [-0.2, -0.15) is 0 Å². The van der Waals surface area contributed by atoms with Gasteiger partial charge >= 0.3 is 7.12 Å². The summed E-state index contributed by atoms with van der Waals surface area (Å²) in [5, 5.41) is 0. The highest BCUT2D eigenvalue weighted by Crippen LogP contribution is 2.37. The van der Waals surface area contributed by atoms with Gasteiger partial charge in [-0.05, 0) is 108 Å². The van der Waals surface area contributed by atoms with Crippen LogP contribution in [0, 0.1) is 17.6 Å². The van der Waals surface area contributed by atoms with E-state index in [0.717, 1.165) is 61.6 Å². The number of carbonyl (C=O) groups is 1. The fourth-order valence-electron chi connectivity index (χ4n) is 5.31. The zero-order valence-corrected chi connectivity index (χ0v) is 22.8. The summed E-state index contributed by atoms with van der Waals surface area (Å²) < 4.78 is 46.0. The van der Waals surface area contributed by atoms with Gasteiger partial charge in [0.1, 0.15) is 23.2 Å². The standard InChI is InChI=1S/C30H39BF2O4/c1-29(2)30(3,4)37-31(36-29)26-17-22-13-11-21(12-14-23(22)18-27(26)33)28(34)10-8-6-7-9-20-15-24(32)19-25(16-20)35-5/h15-19,21H,6-14H2,1-5H3. The fourth-order valence-corrected chi connectivity index (χ4v) is 5.31. The lowest BCUT2D eigenvalue weighted by atomic mass is 9.76. The number of halogens is 2. The molecule has 0 spiro atoms. The molecule has 1 aliphatic carbocycles. The van der Waals surface area contributed by atoms with Gasteiger partial charge in [0.25, 0.3) is 0 Å². The Kier molecular flexibility index (Phi) is 8.44. The van der Waals surface area contributed by atoms with E-state index in [9.17, 15) is 9.18 Å². The Balaban J connectivity index is 1.28. The molecular formula is C30H39BF2O4. The minimum atomic E-state index is -0.732. The van der Waals surface area contributed by atoms with E-state index in [4.69, 9.17) is 14.0 Å². The quantitative estimate of drug-likeness (QED) is 0.230. The third kappa shape index (κ3) is 6.43. The summed E-state index contributed by atoms with van der Waals surface area (Å²) >= 11 is 0. The van der Waals surface area contributed by atoms with Crippen molar-refractivity contribution in [3.63, 3.8) is 0 Å². The first-order valence-corrected chi connectivity index (χ1v) is 13.5. The minimum Gasteiger partial charge on any atom is -0.497 e. The molecule has 0 N–H and O–H groups in total. The topological polar surface area (TPSA) is 44.8 Å². The molecule has 1 aliphatic heterocycles. The van der Waals surface area contributed by atoms with Gasteiger partial charge in [-0.3, -0.25) is 4.79 Å². The van der Waals surface area contributed by atoms with Crippen LogP contribution in [0.5, 0.6) is 5.75 Å². The van der Waals surface area contributed by atoms with Gasteiger partial charge in [-0.25, -0.2) is 8.78 Å². The molecule has 7 heteroatoms. The number of aryl methyl sites for hydroxylation is 3. The van der Waals surface area contributed by atoms with Gasteiger partial charge in [-0.15, -0.1) is 0 Å². The number of hydrogen-bond donors (Lipinski definition) is 0. The van der Waals surface area contributed by atoms with Crippen molar-refractivity contribution in [3.05, 3.63) is 58.7 Å². The second-order valence-electron chi connectivity index (χ2n) is 11.5. The summed E-state index contributed by atoms with van der Waals surface area (Å²) in [6.45, 7) is 7.85. The molecule has 1 atom stereocenters.